The van der Waals surface area contributed by atoms with E-state index in [2.05, 4.69) is 13.8 Å². The highest BCUT2D eigenvalue weighted by molar-refractivity contribution is 5.96. The minimum Gasteiger partial charge on any atom is -0.507 e. The third-order valence-corrected chi connectivity index (χ3v) is 4.55. The fourth-order valence-electron chi connectivity index (χ4n) is 3.14. The number of hydrogen-bond donors (Lipinski definition) is 2. The van der Waals surface area contributed by atoms with E-state index in [1.807, 2.05) is 26.0 Å². The molecule has 0 bridgehead atoms. The van der Waals surface area contributed by atoms with E-state index in [9.17, 15) is 15.0 Å². The van der Waals surface area contributed by atoms with Crippen molar-refractivity contribution in [1.82, 2.24) is 0 Å². The first-order chi connectivity index (χ1) is 11.5. The molecule has 0 aromatic heterocycles. The summed E-state index contributed by atoms with van der Waals surface area (Å²) in [7, 11) is 0. The van der Waals surface area contributed by atoms with E-state index in [-0.39, 0.29) is 0 Å². The largest absolute Gasteiger partial charge is 0.507 e. The van der Waals surface area contributed by atoms with Gasteiger partial charge in [0.2, 0.25) is 0 Å². The first-order valence-electron chi connectivity index (χ1n) is 9.30. The second-order valence-electron chi connectivity index (χ2n) is 6.32. The van der Waals surface area contributed by atoms with Gasteiger partial charge in [0.05, 0.1) is 0 Å². The molecule has 0 aliphatic carbocycles. The van der Waals surface area contributed by atoms with Crippen molar-refractivity contribution in [3.05, 3.63) is 34.4 Å². The average molecular weight is 332 g/mol. The van der Waals surface area contributed by atoms with Crippen molar-refractivity contribution < 1.29 is 15.0 Å². The maximum absolute atomic E-state index is 11.6. The maximum atomic E-state index is 11.6. The van der Waals surface area contributed by atoms with E-state index in [1.165, 1.54) is 0 Å². The average Bonchev–Trinajstić information content (AvgIpc) is 2.57. The van der Waals surface area contributed by atoms with E-state index in [0.29, 0.717) is 24.2 Å². The SMILES string of the molecule is CCCCc1cc(C(CC)=C(CC)C(=O)O)cc(CCCC)c1O. The molecule has 134 valence electrons. The minimum absolute atomic E-state index is 0.407. The predicted octanol–water partition coefficient (Wildman–Crippen LogP) is 5.74. The number of rotatable bonds is 10. The van der Waals surface area contributed by atoms with Gasteiger partial charge in [-0.25, -0.2) is 4.79 Å². The molecule has 0 radical (unpaired) electrons. The zero-order chi connectivity index (χ0) is 18.1. The fourth-order valence-corrected chi connectivity index (χ4v) is 3.14. The van der Waals surface area contributed by atoms with Crippen molar-refractivity contribution in [2.75, 3.05) is 0 Å². The number of carboxylic acids is 1. The molecule has 0 saturated heterocycles. The van der Waals surface area contributed by atoms with Crippen molar-refractivity contribution in [2.45, 2.75) is 79.1 Å². The van der Waals surface area contributed by atoms with E-state index >= 15 is 0 Å². The number of aromatic hydroxyl groups is 1. The Balaban J connectivity index is 3.46. The molecule has 0 aliphatic rings. The summed E-state index contributed by atoms with van der Waals surface area (Å²) in [6.45, 7) is 8.15. The Morgan fingerprint density at radius 3 is 1.75 bits per heavy atom. The molecule has 1 rings (SSSR count). The summed E-state index contributed by atoms with van der Waals surface area (Å²) in [5, 5.41) is 20.1. The van der Waals surface area contributed by atoms with Crippen LogP contribution in [-0.2, 0) is 17.6 Å². The van der Waals surface area contributed by atoms with Crippen LogP contribution >= 0.6 is 0 Å². The summed E-state index contributed by atoms with van der Waals surface area (Å²) in [5.41, 5.74) is 4.23. The Labute approximate surface area is 146 Å². The number of aryl methyl sites for hydroxylation is 2. The van der Waals surface area contributed by atoms with Gasteiger partial charge in [-0.3, -0.25) is 0 Å². The third-order valence-electron chi connectivity index (χ3n) is 4.55. The van der Waals surface area contributed by atoms with Crippen molar-refractivity contribution in [3.8, 4) is 5.75 Å². The highest BCUT2D eigenvalue weighted by atomic mass is 16.4. The summed E-state index contributed by atoms with van der Waals surface area (Å²) >= 11 is 0. The summed E-state index contributed by atoms with van der Waals surface area (Å²) < 4.78 is 0. The lowest BCUT2D eigenvalue weighted by molar-refractivity contribution is -0.132. The van der Waals surface area contributed by atoms with Gasteiger partial charge in [-0.15, -0.1) is 0 Å². The summed E-state index contributed by atoms with van der Waals surface area (Å²) in [5.74, 6) is -0.433. The molecule has 3 heteroatoms. The van der Waals surface area contributed by atoms with Crippen LogP contribution in [0.15, 0.2) is 17.7 Å². The Kier molecular flexibility index (Phi) is 8.59. The molecular weight excluding hydrogens is 300 g/mol. The molecule has 24 heavy (non-hydrogen) atoms. The van der Waals surface area contributed by atoms with Gasteiger partial charge in [-0.05, 0) is 72.9 Å². The molecular formula is C21H32O3. The van der Waals surface area contributed by atoms with Crippen molar-refractivity contribution in [1.29, 1.82) is 0 Å². The molecule has 2 N–H and O–H groups in total. The predicted molar refractivity (Wildman–Crippen MR) is 100 cm³/mol. The minimum atomic E-state index is -0.840. The monoisotopic (exact) mass is 332 g/mol. The smallest absolute Gasteiger partial charge is 0.331 e. The molecule has 0 unspecified atom stereocenters. The number of hydrogen-bond acceptors (Lipinski definition) is 2. The van der Waals surface area contributed by atoms with Gasteiger partial charge >= 0.3 is 5.97 Å². The number of carboxylic acid groups (broad SMARTS) is 1. The lowest BCUT2D eigenvalue weighted by atomic mass is 9.90. The standard InChI is InChI=1S/C21H32O3/c1-5-9-11-15-13-17(14-16(20(15)22)12-10-6-2)18(7-3)19(8-4)21(23)24/h13-14,22H,5-12H2,1-4H3,(H,23,24). The van der Waals surface area contributed by atoms with Gasteiger partial charge in [0.1, 0.15) is 5.75 Å². The molecule has 0 fully saturated rings. The molecule has 0 aliphatic heterocycles. The Morgan fingerprint density at radius 1 is 0.917 bits per heavy atom. The number of phenols is 1. The second kappa shape index (κ2) is 10.2. The van der Waals surface area contributed by atoms with E-state index in [0.717, 1.165) is 60.8 Å². The van der Waals surface area contributed by atoms with Gasteiger partial charge in [0.15, 0.2) is 0 Å². The van der Waals surface area contributed by atoms with Crippen molar-refractivity contribution in [2.24, 2.45) is 0 Å². The maximum Gasteiger partial charge on any atom is 0.331 e. The lowest BCUT2D eigenvalue weighted by Crippen LogP contribution is -2.04. The van der Waals surface area contributed by atoms with E-state index < -0.39 is 5.97 Å². The Bertz CT molecular complexity index is 556. The number of aliphatic carboxylic acids is 1. The van der Waals surface area contributed by atoms with Crippen LogP contribution in [0.3, 0.4) is 0 Å². The molecule has 0 atom stereocenters. The van der Waals surface area contributed by atoms with Crippen LogP contribution < -0.4 is 0 Å². The van der Waals surface area contributed by atoms with Crippen LogP contribution in [0.25, 0.3) is 5.57 Å². The van der Waals surface area contributed by atoms with Crippen LogP contribution in [-0.4, -0.2) is 16.2 Å². The van der Waals surface area contributed by atoms with Gasteiger partial charge in [0.25, 0.3) is 0 Å². The van der Waals surface area contributed by atoms with Crippen molar-refractivity contribution >= 4 is 11.5 Å². The fraction of sp³-hybridized carbons (Fsp3) is 0.571. The molecule has 0 amide bonds. The number of unbranched alkanes of at least 4 members (excludes halogenated alkanes) is 2. The highest BCUT2D eigenvalue weighted by Crippen LogP contribution is 2.33. The number of carbonyl (C=O) groups is 1. The molecule has 0 spiro atoms. The van der Waals surface area contributed by atoms with Crippen molar-refractivity contribution in [3.63, 3.8) is 0 Å². The quantitative estimate of drug-likeness (QED) is 0.537. The first kappa shape index (κ1) is 20.3. The number of phenolic OH excluding ortho intramolecular Hbond substituents is 1. The molecule has 0 saturated carbocycles. The van der Waals surface area contributed by atoms with E-state index in [4.69, 9.17) is 0 Å². The zero-order valence-electron chi connectivity index (χ0n) is 15.6. The molecule has 1 aromatic carbocycles. The van der Waals surface area contributed by atoms with Crippen LogP contribution in [0.1, 0.15) is 82.9 Å². The lowest BCUT2D eigenvalue weighted by Gasteiger charge is -2.16. The first-order valence-corrected chi connectivity index (χ1v) is 9.30. The highest BCUT2D eigenvalue weighted by Gasteiger charge is 2.16. The molecule has 3 nitrogen and oxygen atoms in total. The second-order valence-corrected chi connectivity index (χ2v) is 6.32. The van der Waals surface area contributed by atoms with E-state index in [1.54, 1.807) is 0 Å². The van der Waals surface area contributed by atoms with Gasteiger partial charge in [-0.2, -0.15) is 0 Å². The topological polar surface area (TPSA) is 57.5 Å². The third kappa shape index (κ3) is 5.12. The molecule has 1 aromatic rings. The summed E-state index contributed by atoms with van der Waals surface area (Å²) in [6.07, 6.45) is 7.04. The van der Waals surface area contributed by atoms with Gasteiger partial charge in [0, 0.05) is 5.57 Å². The normalized spacial score (nSPS) is 12.2. The zero-order valence-corrected chi connectivity index (χ0v) is 15.6. The summed E-state index contributed by atoms with van der Waals surface area (Å²) in [4.78, 5) is 11.6. The van der Waals surface area contributed by atoms with Crippen LogP contribution in [0.4, 0.5) is 0 Å². The van der Waals surface area contributed by atoms with Crippen LogP contribution in [0, 0.1) is 0 Å². The number of benzene rings is 1. The van der Waals surface area contributed by atoms with Gasteiger partial charge in [-0.1, -0.05) is 40.5 Å². The van der Waals surface area contributed by atoms with Crippen LogP contribution in [0.2, 0.25) is 0 Å². The Morgan fingerprint density at radius 2 is 1.42 bits per heavy atom. The van der Waals surface area contributed by atoms with Gasteiger partial charge < -0.3 is 10.2 Å². The number of allylic oxidation sites excluding steroid dienone is 1. The summed E-state index contributed by atoms with van der Waals surface area (Å²) in [6, 6.07) is 4.00. The molecule has 0 heterocycles. The van der Waals surface area contributed by atoms with Crippen LogP contribution in [0.5, 0.6) is 5.75 Å². The Hall–Kier alpha value is -1.77.